The average molecular weight is 415 g/mol. The Morgan fingerprint density at radius 1 is 1.11 bits per heavy atom. The molecule has 0 radical (unpaired) electrons. The summed E-state index contributed by atoms with van der Waals surface area (Å²) in [5.74, 6) is 0.802. The van der Waals surface area contributed by atoms with Crippen molar-refractivity contribution in [2.24, 2.45) is 0 Å². The molecule has 3 aromatic rings. The van der Waals surface area contributed by atoms with Crippen molar-refractivity contribution in [1.29, 1.82) is 0 Å². The number of benzene rings is 3. The van der Waals surface area contributed by atoms with Crippen molar-refractivity contribution < 1.29 is 17.7 Å². The predicted octanol–water partition coefficient (Wildman–Crippen LogP) is 5.11. The van der Waals surface area contributed by atoms with Gasteiger partial charge < -0.3 is 4.74 Å². The van der Waals surface area contributed by atoms with Crippen molar-refractivity contribution in [2.45, 2.75) is 30.8 Å². The van der Waals surface area contributed by atoms with Crippen LogP contribution in [0.2, 0.25) is 5.02 Å². The molecule has 1 N–H and O–H groups in total. The molecule has 1 heterocycles. The Balaban J connectivity index is 1.66. The van der Waals surface area contributed by atoms with Gasteiger partial charge in [-0.05, 0) is 41.8 Å². The Morgan fingerprint density at radius 3 is 2.64 bits per heavy atom. The van der Waals surface area contributed by atoms with Gasteiger partial charge in [0.05, 0.1) is 4.90 Å². The second-order valence-corrected chi connectivity index (χ2v) is 8.86. The molecule has 1 aliphatic heterocycles. The van der Waals surface area contributed by atoms with E-state index in [1.807, 2.05) is 49.4 Å². The van der Waals surface area contributed by atoms with Crippen molar-refractivity contribution in [2.75, 3.05) is 0 Å². The van der Waals surface area contributed by atoms with E-state index < -0.39 is 10.1 Å². The second-order valence-electron chi connectivity index (χ2n) is 7.04. The standard InChI is InChI=1S/C22H19ClO4S/c1-14-8-9-21(28(24,25)26)17(10-14)13-19-12-16-5-3-7-20(22(16)27-19)15-4-2-6-18(23)11-15/h2-11,19H,12-13H2,1H3,(H,24,25,26). The number of fused-ring (bicyclic) bond motifs is 1. The van der Waals surface area contributed by atoms with E-state index in [9.17, 15) is 13.0 Å². The first-order valence-electron chi connectivity index (χ1n) is 8.93. The summed E-state index contributed by atoms with van der Waals surface area (Å²) in [6.45, 7) is 1.89. The number of hydrogen-bond donors (Lipinski definition) is 1. The van der Waals surface area contributed by atoms with Crippen LogP contribution in [0.5, 0.6) is 5.75 Å². The van der Waals surface area contributed by atoms with Crippen LogP contribution in [0.15, 0.2) is 65.6 Å². The van der Waals surface area contributed by atoms with E-state index in [4.69, 9.17) is 16.3 Å². The van der Waals surface area contributed by atoms with Gasteiger partial charge >= 0.3 is 0 Å². The normalized spacial score (nSPS) is 15.9. The van der Waals surface area contributed by atoms with Crippen LogP contribution < -0.4 is 4.74 Å². The van der Waals surface area contributed by atoms with Crippen LogP contribution in [0.25, 0.3) is 11.1 Å². The van der Waals surface area contributed by atoms with Crippen molar-refractivity contribution >= 4 is 21.7 Å². The number of aryl methyl sites for hydroxylation is 1. The van der Waals surface area contributed by atoms with Gasteiger partial charge in [-0.3, -0.25) is 4.55 Å². The number of ether oxygens (including phenoxy) is 1. The third kappa shape index (κ3) is 3.78. The lowest BCUT2D eigenvalue weighted by atomic mass is 9.99. The van der Waals surface area contributed by atoms with Gasteiger partial charge in [0.25, 0.3) is 10.1 Å². The molecule has 1 aliphatic rings. The van der Waals surface area contributed by atoms with Crippen molar-refractivity contribution in [3.05, 3.63) is 82.4 Å². The van der Waals surface area contributed by atoms with Gasteiger partial charge in [0.2, 0.25) is 0 Å². The van der Waals surface area contributed by atoms with E-state index in [0.29, 0.717) is 23.4 Å². The number of para-hydroxylation sites is 1. The van der Waals surface area contributed by atoms with Crippen LogP contribution in [0.1, 0.15) is 16.7 Å². The van der Waals surface area contributed by atoms with Crippen molar-refractivity contribution in [3.8, 4) is 16.9 Å². The van der Waals surface area contributed by atoms with Crippen LogP contribution in [0, 0.1) is 6.92 Å². The van der Waals surface area contributed by atoms with Crippen LogP contribution >= 0.6 is 11.6 Å². The fourth-order valence-electron chi connectivity index (χ4n) is 3.70. The third-order valence-corrected chi connectivity index (χ3v) is 6.09. The predicted molar refractivity (Wildman–Crippen MR) is 110 cm³/mol. The van der Waals surface area contributed by atoms with E-state index in [2.05, 4.69) is 0 Å². The molecular weight excluding hydrogens is 396 g/mol. The Hall–Kier alpha value is -2.34. The third-order valence-electron chi connectivity index (χ3n) is 4.91. The zero-order chi connectivity index (χ0) is 19.9. The molecule has 4 rings (SSSR count). The summed E-state index contributed by atoms with van der Waals surface area (Å²) in [4.78, 5) is -0.0623. The lowest BCUT2D eigenvalue weighted by Crippen LogP contribution is -2.18. The molecule has 0 bridgehead atoms. The first kappa shape index (κ1) is 19.0. The van der Waals surface area contributed by atoms with Gasteiger partial charge in [0.15, 0.2) is 0 Å². The summed E-state index contributed by atoms with van der Waals surface area (Å²) in [6.07, 6.45) is 0.848. The quantitative estimate of drug-likeness (QED) is 0.602. The van der Waals surface area contributed by atoms with E-state index in [1.54, 1.807) is 12.1 Å². The van der Waals surface area contributed by atoms with E-state index in [-0.39, 0.29) is 11.0 Å². The average Bonchev–Trinajstić information content (AvgIpc) is 3.03. The molecule has 0 saturated heterocycles. The van der Waals surface area contributed by atoms with Crippen LogP contribution in [0.3, 0.4) is 0 Å². The zero-order valence-electron chi connectivity index (χ0n) is 15.2. The van der Waals surface area contributed by atoms with Gasteiger partial charge in [0.1, 0.15) is 11.9 Å². The number of hydrogen-bond acceptors (Lipinski definition) is 3. The molecule has 0 aliphatic carbocycles. The Morgan fingerprint density at radius 2 is 1.89 bits per heavy atom. The zero-order valence-corrected chi connectivity index (χ0v) is 16.8. The molecule has 144 valence electrons. The smallest absolute Gasteiger partial charge is 0.294 e. The minimum absolute atomic E-state index is 0.0623. The van der Waals surface area contributed by atoms with E-state index in [1.165, 1.54) is 6.07 Å². The lowest BCUT2D eigenvalue weighted by molar-refractivity contribution is 0.233. The molecule has 0 amide bonds. The highest BCUT2D eigenvalue weighted by molar-refractivity contribution is 7.85. The maximum atomic E-state index is 11.7. The molecule has 3 aromatic carbocycles. The summed E-state index contributed by atoms with van der Waals surface area (Å²) < 4.78 is 39.2. The molecule has 0 spiro atoms. The maximum Gasteiger partial charge on any atom is 0.294 e. The fourth-order valence-corrected chi connectivity index (χ4v) is 4.60. The summed E-state index contributed by atoms with van der Waals surface area (Å²) >= 11 is 6.14. The molecule has 0 fully saturated rings. The largest absolute Gasteiger partial charge is 0.489 e. The van der Waals surface area contributed by atoms with Gasteiger partial charge in [0, 0.05) is 23.4 Å². The van der Waals surface area contributed by atoms with Crippen LogP contribution in [0.4, 0.5) is 0 Å². The first-order valence-corrected chi connectivity index (χ1v) is 10.7. The Bertz CT molecular complexity index is 1150. The minimum Gasteiger partial charge on any atom is -0.489 e. The van der Waals surface area contributed by atoms with Crippen LogP contribution in [-0.4, -0.2) is 19.1 Å². The molecule has 28 heavy (non-hydrogen) atoms. The number of halogens is 1. The van der Waals surface area contributed by atoms with E-state index >= 15 is 0 Å². The molecule has 1 atom stereocenters. The van der Waals surface area contributed by atoms with Gasteiger partial charge in [-0.2, -0.15) is 8.42 Å². The van der Waals surface area contributed by atoms with E-state index in [0.717, 1.165) is 28.0 Å². The molecule has 0 saturated carbocycles. The first-order chi connectivity index (χ1) is 13.3. The molecule has 4 nitrogen and oxygen atoms in total. The van der Waals surface area contributed by atoms with Crippen molar-refractivity contribution in [1.82, 2.24) is 0 Å². The van der Waals surface area contributed by atoms with Crippen molar-refractivity contribution in [3.63, 3.8) is 0 Å². The lowest BCUT2D eigenvalue weighted by Gasteiger charge is -2.15. The summed E-state index contributed by atoms with van der Waals surface area (Å²) in [5, 5.41) is 0.655. The monoisotopic (exact) mass is 414 g/mol. The molecule has 0 aromatic heterocycles. The molecule has 6 heteroatoms. The van der Waals surface area contributed by atoms with Gasteiger partial charge in [-0.1, -0.05) is 59.6 Å². The fraction of sp³-hybridized carbons (Fsp3) is 0.182. The Labute approximate surface area is 169 Å². The van der Waals surface area contributed by atoms with Gasteiger partial charge in [-0.25, -0.2) is 0 Å². The summed E-state index contributed by atoms with van der Waals surface area (Å²) in [5.41, 5.74) is 4.49. The van der Waals surface area contributed by atoms with Crippen LogP contribution in [-0.2, 0) is 23.0 Å². The molecular formula is C22H19ClO4S. The molecule has 1 unspecified atom stereocenters. The van der Waals surface area contributed by atoms with Gasteiger partial charge in [-0.15, -0.1) is 0 Å². The summed E-state index contributed by atoms with van der Waals surface area (Å²) in [6, 6.07) is 18.5. The minimum atomic E-state index is -4.29. The highest BCUT2D eigenvalue weighted by Crippen LogP contribution is 2.40. The topological polar surface area (TPSA) is 63.6 Å². The number of rotatable bonds is 4. The SMILES string of the molecule is Cc1ccc(S(=O)(=O)O)c(CC2Cc3cccc(-c4cccc(Cl)c4)c3O2)c1. The highest BCUT2D eigenvalue weighted by Gasteiger charge is 2.28. The highest BCUT2D eigenvalue weighted by atomic mass is 35.5. The maximum absolute atomic E-state index is 11.7. The summed E-state index contributed by atoms with van der Waals surface area (Å²) in [7, 11) is -4.29. The Kier molecular flexibility index (Phi) is 4.91. The second kappa shape index (κ2) is 7.24.